The van der Waals surface area contributed by atoms with Gasteiger partial charge in [0.2, 0.25) is 0 Å². The van der Waals surface area contributed by atoms with Crippen molar-refractivity contribution in [1.82, 2.24) is 0 Å². The molecule has 0 aromatic heterocycles. The molecule has 0 amide bonds. The first-order valence-corrected chi connectivity index (χ1v) is 8.74. The van der Waals surface area contributed by atoms with E-state index < -0.39 is 4.92 Å². The maximum atomic E-state index is 12.4. The van der Waals surface area contributed by atoms with Crippen molar-refractivity contribution in [1.29, 1.82) is 0 Å². The molecule has 0 bridgehead atoms. The van der Waals surface area contributed by atoms with E-state index in [1.54, 1.807) is 44.4 Å². The number of ether oxygens (including phenoxy) is 2. The quantitative estimate of drug-likeness (QED) is 0.205. The minimum Gasteiger partial charge on any atom is -0.493 e. The van der Waals surface area contributed by atoms with Gasteiger partial charge in [-0.1, -0.05) is 37.6 Å². The Balaban J connectivity index is 2.19. The van der Waals surface area contributed by atoms with Crippen molar-refractivity contribution in [3.05, 3.63) is 69.3 Å². The second-order valence-electron chi connectivity index (χ2n) is 6.07. The van der Waals surface area contributed by atoms with E-state index in [1.165, 1.54) is 12.1 Å². The Morgan fingerprint density at radius 1 is 1.19 bits per heavy atom. The van der Waals surface area contributed by atoms with Gasteiger partial charge in [-0.2, -0.15) is 0 Å². The van der Waals surface area contributed by atoms with E-state index in [2.05, 4.69) is 6.92 Å². The van der Waals surface area contributed by atoms with E-state index in [0.29, 0.717) is 23.7 Å². The lowest BCUT2D eigenvalue weighted by molar-refractivity contribution is -0.385. The lowest BCUT2D eigenvalue weighted by Gasteiger charge is -2.11. The summed E-state index contributed by atoms with van der Waals surface area (Å²) in [6.45, 7) is 4.31. The lowest BCUT2D eigenvalue weighted by Crippen LogP contribution is -1.99. The maximum absolute atomic E-state index is 12.4. The molecule has 2 aromatic rings. The zero-order chi connectivity index (χ0) is 19.8. The smallest absolute Gasteiger partial charge is 0.273 e. The summed E-state index contributed by atoms with van der Waals surface area (Å²) < 4.78 is 11.0. The number of unbranched alkanes of at least 4 members (excludes halogenated alkanes) is 1. The molecule has 0 aliphatic carbocycles. The Morgan fingerprint density at radius 3 is 2.63 bits per heavy atom. The average molecular weight is 369 g/mol. The molecule has 142 valence electrons. The highest BCUT2D eigenvalue weighted by Crippen LogP contribution is 2.29. The van der Waals surface area contributed by atoms with Crippen molar-refractivity contribution in [2.24, 2.45) is 0 Å². The number of nitro groups is 1. The van der Waals surface area contributed by atoms with Crippen molar-refractivity contribution in [2.75, 3.05) is 13.7 Å². The number of benzene rings is 2. The van der Waals surface area contributed by atoms with Gasteiger partial charge in [0.15, 0.2) is 17.3 Å². The van der Waals surface area contributed by atoms with Crippen LogP contribution >= 0.6 is 0 Å². The first-order valence-electron chi connectivity index (χ1n) is 8.74. The molecule has 0 N–H and O–H groups in total. The van der Waals surface area contributed by atoms with Gasteiger partial charge in [0.1, 0.15) is 0 Å². The lowest BCUT2D eigenvalue weighted by atomic mass is 10.1. The van der Waals surface area contributed by atoms with E-state index in [0.717, 1.165) is 18.4 Å². The van der Waals surface area contributed by atoms with Crippen LogP contribution in [0.15, 0.2) is 42.5 Å². The minimum atomic E-state index is -0.487. The standard InChI is InChI=1S/C21H23NO5/c1-4-5-12-27-21-13-16(8-11-20(21)26-3)7-10-19(23)17-9-6-15(2)18(14-17)22(24)25/h6-11,13-14H,4-5,12H2,1-3H3/b10-7+. The van der Waals surface area contributed by atoms with Crippen LogP contribution in [-0.2, 0) is 0 Å². The third kappa shape index (κ3) is 5.41. The van der Waals surface area contributed by atoms with Gasteiger partial charge in [-0.3, -0.25) is 14.9 Å². The van der Waals surface area contributed by atoms with E-state index in [4.69, 9.17) is 9.47 Å². The van der Waals surface area contributed by atoms with Crippen molar-refractivity contribution in [2.45, 2.75) is 26.7 Å². The van der Waals surface area contributed by atoms with Gasteiger partial charge in [-0.05, 0) is 37.1 Å². The monoisotopic (exact) mass is 369 g/mol. The Kier molecular flexibility index (Phi) is 7.11. The van der Waals surface area contributed by atoms with Gasteiger partial charge < -0.3 is 9.47 Å². The summed E-state index contributed by atoms with van der Waals surface area (Å²) in [7, 11) is 1.57. The summed E-state index contributed by atoms with van der Waals surface area (Å²) >= 11 is 0. The molecule has 6 nitrogen and oxygen atoms in total. The molecule has 0 spiro atoms. The Labute approximate surface area is 158 Å². The van der Waals surface area contributed by atoms with Crippen LogP contribution in [0.25, 0.3) is 6.08 Å². The highest BCUT2D eigenvalue weighted by molar-refractivity contribution is 6.07. The van der Waals surface area contributed by atoms with Gasteiger partial charge in [-0.25, -0.2) is 0 Å². The SMILES string of the molecule is CCCCOc1cc(/C=C/C(=O)c2ccc(C)c([N+](=O)[O-])c2)ccc1OC. The Morgan fingerprint density at radius 2 is 1.96 bits per heavy atom. The first kappa shape index (κ1) is 20.2. The van der Waals surface area contributed by atoms with E-state index >= 15 is 0 Å². The summed E-state index contributed by atoms with van der Waals surface area (Å²) in [5.74, 6) is 0.942. The zero-order valence-electron chi connectivity index (χ0n) is 15.7. The fraction of sp³-hybridized carbons (Fsp3) is 0.286. The number of aryl methyl sites for hydroxylation is 1. The second kappa shape index (κ2) is 9.52. The maximum Gasteiger partial charge on any atom is 0.273 e. The summed E-state index contributed by atoms with van der Waals surface area (Å²) in [5, 5.41) is 11.0. The van der Waals surface area contributed by atoms with E-state index in [-0.39, 0.29) is 17.0 Å². The zero-order valence-corrected chi connectivity index (χ0v) is 15.7. The summed E-state index contributed by atoms with van der Waals surface area (Å²) in [6.07, 6.45) is 5.01. The molecule has 2 rings (SSSR count). The molecule has 0 aliphatic rings. The number of hydrogen-bond acceptors (Lipinski definition) is 5. The predicted molar refractivity (Wildman–Crippen MR) is 105 cm³/mol. The third-order valence-electron chi connectivity index (χ3n) is 4.06. The summed E-state index contributed by atoms with van der Waals surface area (Å²) in [5.41, 5.74) is 1.50. The van der Waals surface area contributed by atoms with E-state index in [9.17, 15) is 14.9 Å². The minimum absolute atomic E-state index is 0.0645. The largest absolute Gasteiger partial charge is 0.493 e. The summed E-state index contributed by atoms with van der Waals surface area (Å²) in [4.78, 5) is 22.9. The third-order valence-corrected chi connectivity index (χ3v) is 4.06. The van der Waals surface area contributed by atoms with Crippen LogP contribution in [0.5, 0.6) is 11.5 Å². The number of nitrogens with zero attached hydrogens (tertiary/aromatic N) is 1. The molecule has 0 saturated carbocycles. The van der Waals surface area contributed by atoms with Gasteiger partial charge in [0, 0.05) is 17.2 Å². The molecule has 27 heavy (non-hydrogen) atoms. The van der Waals surface area contributed by atoms with Gasteiger partial charge in [0.25, 0.3) is 5.69 Å². The molecule has 2 aromatic carbocycles. The normalized spacial score (nSPS) is 10.8. The summed E-state index contributed by atoms with van der Waals surface area (Å²) in [6, 6.07) is 9.86. The number of nitro benzene ring substituents is 1. The number of carbonyl (C=O) groups is 1. The number of hydrogen-bond donors (Lipinski definition) is 0. The van der Waals surface area contributed by atoms with Crippen LogP contribution in [0.4, 0.5) is 5.69 Å². The van der Waals surface area contributed by atoms with Crippen molar-refractivity contribution >= 4 is 17.5 Å². The van der Waals surface area contributed by atoms with Gasteiger partial charge in [0.05, 0.1) is 18.6 Å². The molecular weight excluding hydrogens is 346 g/mol. The number of allylic oxidation sites excluding steroid dienone is 1. The number of ketones is 1. The first-order chi connectivity index (χ1) is 13.0. The molecule has 6 heteroatoms. The van der Waals surface area contributed by atoms with Crippen LogP contribution < -0.4 is 9.47 Å². The van der Waals surface area contributed by atoms with Crippen molar-refractivity contribution in [3.8, 4) is 11.5 Å². The number of carbonyl (C=O) groups excluding carboxylic acids is 1. The van der Waals surface area contributed by atoms with Crippen molar-refractivity contribution < 1.29 is 19.2 Å². The topological polar surface area (TPSA) is 78.7 Å². The predicted octanol–water partition coefficient (Wildman–Crippen LogP) is 4.99. The highest BCUT2D eigenvalue weighted by Gasteiger charge is 2.13. The molecule has 0 unspecified atom stereocenters. The van der Waals surface area contributed by atoms with E-state index in [1.807, 2.05) is 6.07 Å². The van der Waals surface area contributed by atoms with Crippen LogP contribution in [-0.4, -0.2) is 24.4 Å². The van der Waals surface area contributed by atoms with Crippen LogP contribution in [0.2, 0.25) is 0 Å². The fourth-order valence-corrected chi connectivity index (χ4v) is 2.46. The van der Waals surface area contributed by atoms with Crippen LogP contribution in [0.3, 0.4) is 0 Å². The van der Waals surface area contributed by atoms with Gasteiger partial charge >= 0.3 is 0 Å². The number of methoxy groups -OCH3 is 1. The molecular formula is C21H23NO5. The fourth-order valence-electron chi connectivity index (χ4n) is 2.46. The van der Waals surface area contributed by atoms with Crippen LogP contribution in [0.1, 0.15) is 41.3 Å². The van der Waals surface area contributed by atoms with Gasteiger partial charge in [-0.15, -0.1) is 0 Å². The molecule has 0 radical (unpaired) electrons. The average Bonchev–Trinajstić information content (AvgIpc) is 2.66. The molecule has 0 heterocycles. The molecule has 0 saturated heterocycles. The number of rotatable bonds is 9. The Bertz CT molecular complexity index is 858. The second-order valence-corrected chi connectivity index (χ2v) is 6.07. The van der Waals surface area contributed by atoms with Crippen molar-refractivity contribution in [3.63, 3.8) is 0 Å². The highest BCUT2D eigenvalue weighted by atomic mass is 16.6. The molecule has 0 fully saturated rings. The molecule has 0 atom stereocenters. The molecule has 0 aliphatic heterocycles. The Hall–Kier alpha value is -3.15. The van der Waals surface area contributed by atoms with Crippen LogP contribution in [0, 0.1) is 17.0 Å².